The lowest BCUT2D eigenvalue weighted by Gasteiger charge is -2.06. The molecule has 0 saturated carbocycles. The number of carbonyl (C=O) groups is 1. The number of esters is 1. The van der Waals surface area contributed by atoms with Gasteiger partial charge in [-0.3, -0.25) is 0 Å². The molecule has 5 heteroatoms. The van der Waals surface area contributed by atoms with Crippen LogP contribution in [0.5, 0.6) is 0 Å². The van der Waals surface area contributed by atoms with Gasteiger partial charge in [0, 0.05) is 11.8 Å². The SMILES string of the molecule is CC(C)OC(=O)C(C#N)=Cc1cnn2ccccc12. The van der Waals surface area contributed by atoms with Gasteiger partial charge in [-0.2, -0.15) is 10.4 Å². The second-order valence-electron chi connectivity index (χ2n) is 4.25. The molecule has 0 aromatic carbocycles. The Bertz CT molecular complexity index is 677. The molecule has 96 valence electrons. The molecule has 0 unspecified atom stereocenters. The standard InChI is InChI=1S/C14H13N3O2/c1-10(2)19-14(18)11(8-15)7-12-9-16-17-6-4-3-5-13(12)17/h3-7,9-10H,1-2H3. The normalized spacial score (nSPS) is 11.6. The molecule has 0 aliphatic rings. The Hall–Kier alpha value is -2.61. The molecule has 2 aromatic heterocycles. The van der Waals surface area contributed by atoms with E-state index in [2.05, 4.69) is 5.10 Å². The molecule has 0 bridgehead atoms. The summed E-state index contributed by atoms with van der Waals surface area (Å²) < 4.78 is 6.68. The van der Waals surface area contributed by atoms with Gasteiger partial charge >= 0.3 is 5.97 Å². The first kappa shape index (κ1) is 12.8. The van der Waals surface area contributed by atoms with E-state index >= 15 is 0 Å². The van der Waals surface area contributed by atoms with Gasteiger partial charge in [0.1, 0.15) is 11.6 Å². The van der Waals surface area contributed by atoms with Gasteiger partial charge in [-0.1, -0.05) is 6.07 Å². The molecule has 5 nitrogen and oxygen atoms in total. The van der Waals surface area contributed by atoms with E-state index in [0.29, 0.717) is 5.56 Å². The number of carbonyl (C=O) groups excluding carboxylic acids is 1. The lowest BCUT2D eigenvalue weighted by molar-refractivity contribution is -0.142. The third kappa shape index (κ3) is 2.80. The van der Waals surface area contributed by atoms with Crippen LogP contribution >= 0.6 is 0 Å². The zero-order chi connectivity index (χ0) is 13.8. The zero-order valence-electron chi connectivity index (χ0n) is 10.7. The van der Waals surface area contributed by atoms with E-state index in [1.807, 2.05) is 24.3 Å². The molecular formula is C14H13N3O2. The third-order valence-electron chi connectivity index (χ3n) is 2.44. The molecule has 0 radical (unpaired) electrons. The highest BCUT2D eigenvalue weighted by molar-refractivity contribution is 5.99. The number of rotatable bonds is 3. The fourth-order valence-electron chi connectivity index (χ4n) is 1.64. The van der Waals surface area contributed by atoms with Crippen LogP contribution in [0.25, 0.3) is 11.6 Å². The number of ether oxygens (including phenoxy) is 1. The maximum Gasteiger partial charge on any atom is 0.349 e. The van der Waals surface area contributed by atoms with Gasteiger partial charge in [-0.25, -0.2) is 9.31 Å². The van der Waals surface area contributed by atoms with Crippen molar-refractivity contribution in [2.75, 3.05) is 0 Å². The molecule has 2 aromatic rings. The predicted octanol–water partition coefficient (Wildman–Crippen LogP) is 2.19. The monoisotopic (exact) mass is 255 g/mol. The van der Waals surface area contributed by atoms with Crippen LogP contribution in [0.1, 0.15) is 19.4 Å². The Labute approximate surface area is 110 Å². The second-order valence-corrected chi connectivity index (χ2v) is 4.25. The van der Waals surface area contributed by atoms with Crippen molar-refractivity contribution in [3.05, 3.63) is 41.7 Å². The second kappa shape index (κ2) is 5.36. The minimum atomic E-state index is -0.618. The van der Waals surface area contributed by atoms with Crippen molar-refractivity contribution >= 4 is 17.6 Å². The fraction of sp³-hybridized carbons (Fsp3) is 0.214. The van der Waals surface area contributed by atoms with Crippen LogP contribution in [0.3, 0.4) is 0 Å². The molecule has 0 fully saturated rings. The first-order valence-electron chi connectivity index (χ1n) is 5.87. The van der Waals surface area contributed by atoms with Gasteiger partial charge in [0.25, 0.3) is 0 Å². The van der Waals surface area contributed by atoms with Crippen molar-refractivity contribution in [2.24, 2.45) is 0 Å². The smallest absolute Gasteiger partial charge is 0.349 e. The molecule has 0 amide bonds. The van der Waals surface area contributed by atoms with Crippen molar-refractivity contribution in [3.8, 4) is 6.07 Å². The van der Waals surface area contributed by atoms with Gasteiger partial charge in [0.2, 0.25) is 0 Å². The summed E-state index contributed by atoms with van der Waals surface area (Å²) in [6, 6.07) is 7.44. The third-order valence-corrected chi connectivity index (χ3v) is 2.44. The summed E-state index contributed by atoms with van der Waals surface area (Å²) in [6.45, 7) is 3.48. The van der Waals surface area contributed by atoms with Gasteiger partial charge in [0.05, 0.1) is 17.8 Å². The summed E-state index contributed by atoms with van der Waals surface area (Å²) in [5.74, 6) is -0.618. The minimum Gasteiger partial charge on any atom is -0.459 e. The molecule has 0 aliphatic heterocycles. The summed E-state index contributed by atoms with van der Waals surface area (Å²) in [5, 5.41) is 13.2. The average Bonchev–Trinajstić information content (AvgIpc) is 2.78. The predicted molar refractivity (Wildman–Crippen MR) is 70.0 cm³/mol. The number of fused-ring (bicyclic) bond motifs is 1. The van der Waals surface area contributed by atoms with Crippen molar-refractivity contribution in [1.29, 1.82) is 5.26 Å². The van der Waals surface area contributed by atoms with E-state index < -0.39 is 5.97 Å². The number of nitriles is 1. The van der Waals surface area contributed by atoms with Crippen LogP contribution < -0.4 is 0 Å². The Morgan fingerprint density at radius 1 is 1.53 bits per heavy atom. The van der Waals surface area contributed by atoms with Gasteiger partial charge < -0.3 is 4.74 Å². The quantitative estimate of drug-likeness (QED) is 0.479. The summed E-state index contributed by atoms with van der Waals surface area (Å²) in [4.78, 5) is 11.7. The van der Waals surface area contributed by atoms with E-state index in [9.17, 15) is 4.79 Å². The van der Waals surface area contributed by atoms with Gasteiger partial charge in [-0.05, 0) is 32.1 Å². The van der Waals surface area contributed by atoms with Crippen LogP contribution in [0, 0.1) is 11.3 Å². The molecule has 0 atom stereocenters. The van der Waals surface area contributed by atoms with E-state index in [4.69, 9.17) is 10.00 Å². The summed E-state index contributed by atoms with van der Waals surface area (Å²) >= 11 is 0. The Morgan fingerprint density at radius 2 is 2.32 bits per heavy atom. The minimum absolute atomic E-state index is 0.0348. The van der Waals surface area contributed by atoms with Crippen LogP contribution in [0.2, 0.25) is 0 Å². The Morgan fingerprint density at radius 3 is 3.00 bits per heavy atom. The summed E-state index contributed by atoms with van der Waals surface area (Å²) in [6.07, 6.45) is 4.64. The number of hydrogen-bond donors (Lipinski definition) is 0. The highest BCUT2D eigenvalue weighted by Crippen LogP contribution is 2.14. The molecule has 19 heavy (non-hydrogen) atoms. The van der Waals surface area contributed by atoms with Crippen molar-refractivity contribution < 1.29 is 9.53 Å². The summed E-state index contributed by atoms with van der Waals surface area (Å²) in [5.41, 5.74) is 1.50. The van der Waals surface area contributed by atoms with Gasteiger partial charge in [-0.15, -0.1) is 0 Å². The first-order chi connectivity index (χ1) is 9.11. The van der Waals surface area contributed by atoms with Crippen molar-refractivity contribution in [3.63, 3.8) is 0 Å². The Kier molecular flexibility index (Phi) is 3.62. The molecule has 0 aliphatic carbocycles. The zero-order valence-corrected chi connectivity index (χ0v) is 10.7. The maximum atomic E-state index is 11.7. The van der Waals surface area contributed by atoms with E-state index in [-0.39, 0.29) is 11.7 Å². The Balaban J connectivity index is 2.38. The number of hydrogen-bond acceptors (Lipinski definition) is 4. The van der Waals surface area contributed by atoms with E-state index in [1.54, 1.807) is 30.8 Å². The largest absolute Gasteiger partial charge is 0.459 e. The molecule has 2 heterocycles. The van der Waals surface area contributed by atoms with Crippen LogP contribution in [0.4, 0.5) is 0 Å². The van der Waals surface area contributed by atoms with Gasteiger partial charge in [0.15, 0.2) is 0 Å². The molecular weight excluding hydrogens is 242 g/mol. The number of nitrogens with zero attached hydrogens (tertiary/aromatic N) is 3. The van der Waals surface area contributed by atoms with Crippen molar-refractivity contribution in [1.82, 2.24) is 9.61 Å². The van der Waals surface area contributed by atoms with E-state index in [1.165, 1.54) is 6.08 Å². The summed E-state index contributed by atoms with van der Waals surface area (Å²) in [7, 11) is 0. The lowest BCUT2D eigenvalue weighted by Crippen LogP contribution is -2.12. The molecule has 2 rings (SSSR count). The van der Waals surface area contributed by atoms with Crippen LogP contribution in [-0.4, -0.2) is 21.7 Å². The fourth-order valence-corrected chi connectivity index (χ4v) is 1.64. The van der Waals surface area contributed by atoms with Crippen molar-refractivity contribution in [2.45, 2.75) is 20.0 Å². The maximum absolute atomic E-state index is 11.7. The van der Waals surface area contributed by atoms with E-state index in [0.717, 1.165) is 5.52 Å². The van der Waals surface area contributed by atoms with Crippen LogP contribution in [-0.2, 0) is 9.53 Å². The first-order valence-corrected chi connectivity index (χ1v) is 5.87. The average molecular weight is 255 g/mol. The highest BCUT2D eigenvalue weighted by atomic mass is 16.5. The molecule has 0 saturated heterocycles. The molecule has 0 N–H and O–H groups in total. The number of pyridine rings is 1. The highest BCUT2D eigenvalue weighted by Gasteiger charge is 2.13. The lowest BCUT2D eigenvalue weighted by atomic mass is 10.2. The van der Waals surface area contributed by atoms with Crippen LogP contribution in [0.15, 0.2) is 36.2 Å². The number of aromatic nitrogens is 2. The topological polar surface area (TPSA) is 67.4 Å². The molecule has 0 spiro atoms.